The summed E-state index contributed by atoms with van der Waals surface area (Å²) in [6.07, 6.45) is -1.96. The van der Waals surface area contributed by atoms with Crippen molar-refractivity contribution >= 4 is 0 Å². The minimum atomic E-state index is -4.34. The Morgan fingerprint density at radius 3 is 2.67 bits per heavy atom. The molecule has 1 aromatic rings. The van der Waals surface area contributed by atoms with E-state index in [1.54, 1.807) is 0 Å². The topological polar surface area (TPSA) is 54.7 Å². The van der Waals surface area contributed by atoms with Crippen LogP contribution >= 0.6 is 0 Å². The van der Waals surface area contributed by atoms with E-state index >= 15 is 0 Å². The van der Waals surface area contributed by atoms with Gasteiger partial charge in [-0.1, -0.05) is 0 Å². The molecular formula is C6H8F3N3. The van der Waals surface area contributed by atoms with Crippen molar-refractivity contribution in [1.82, 2.24) is 9.97 Å². The number of nitrogens with one attached hydrogen (secondary N) is 1. The molecule has 0 saturated heterocycles. The van der Waals surface area contributed by atoms with Gasteiger partial charge in [0.1, 0.15) is 6.04 Å². The molecule has 1 rings (SSSR count). The van der Waals surface area contributed by atoms with Crippen molar-refractivity contribution in [3.05, 3.63) is 18.2 Å². The fourth-order valence-electron chi connectivity index (χ4n) is 0.749. The van der Waals surface area contributed by atoms with Crippen LogP contribution in [0.5, 0.6) is 0 Å². The Bertz CT molecular complexity index is 229. The van der Waals surface area contributed by atoms with Gasteiger partial charge in [0.05, 0.1) is 6.33 Å². The number of alkyl halides is 3. The molecule has 3 N–H and O–H groups in total. The molecule has 0 fully saturated rings. The third-order valence-corrected chi connectivity index (χ3v) is 1.42. The predicted octanol–water partition coefficient (Wildman–Crippen LogP) is 0.842. The van der Waals surface area contributed by atoms with Crippen LogP contribution in [0.15, 0.2) is 12.5 Å². The number of nitrogens with zero attached hydrogens (tertiary/aromatic N) is 1. The summed E-state index contributed by atoms with van der Waals surface area (Å²) < 4.78 is 35.6. The molecule has 6 heteroatoms. The van der Waals surface area contributed by atoms with Gasteiger partial charge in [-0.25, -0.2) is 4.98 Å². The van der Waals surface area contributed by atoms with Crippen LogP contribution in [0.25, 0.3) is 0 Å². The summed E-state index contributed by atoms with van der Waals surface area (Å²) >= 11 is 0. The van der Waals surface area contributed by atoms with Crippen LogP contribution in [0.1, 0.15) is 5.69 Å². The molecule has 0 spiro atoms. The number of hydrogen-bond acceptors (Lipinski definition) is 2. The van der Waals surface area contributed by atoms with Gasteiger partial charge in [-0.2, -0.15) is 13.2 Å². The Hall–Kier alpha value is -1.04. The molecule has 1 heterocycles. The van der Waals surface area contributed by atoms with Crippen LogP contribution in [-0.4, -0.2) is 22.2 Å². The summed E-state index contributed by atoms with van der Waals surface area (Å²) in [4.78, 5) is 6.13. The van der Waals surface area contributed by atoms with E-state index < -0.39 is 12.2 Å². The van der Waals surface area contributed by atoms with Gasteiger partial charge in [-0.3, -0.25) is 0 Å². The predicted molar refractivity (Wildman–Crippen MR) is 36.3 cm³/mol. The van der Waals surface area contributed by atoms with Crippen molar-refractivity contribution in [3.63, 3.8) is 0 Å². The minimum Gasteiger partial charge on any atom is -0.348 e. The Morgan fingerprint density at radius 1 is 1.58 bits per heavy atom. The highest BCUT2D eigenvalue weighted by Crippen LogP contribution is 2.20. The normalized spacial score (nSPS) is 14.7. The number of imidazole rings is 1. The first-order valence-corrected chi connectivity index (χ1v) is 3.29. The Kier molecular flexibility index (Phi) is 2.37. The average Bonchev–Trinajstić information content (AvgIpc) is 2.37. The summed E-state index contributed by atoms with van der Waals surface area (Å²) in [6.45, 7) is 0. The quantitative estimate of drug-likeness (QED) is 0.706. The van der Waals surface area contributed by atoms with Crippen molar-refractivity contribution in [3.8, 4) is 0 Å². The molecule has 12 heavy (non-hydrogen) atoms. The van der Waals surface area contributed by atoms with E-state index in [1.165, 1.54) is 12.5 Å². The van der Waals surface area contributed by atoms with Gasteiger partial charge in [0.15, 0.2) is 0 Å². The molecule has 0 aliphatic carbocycles. The Morgan fingerprint density at radius 2 is 2.25 bits per heavy atom. The number of halogens is 3. The zero-order valence-electron chi connectivity index (χ0n) is 6.10. The van der Waals surface area contributed by atoms with Gasteiger partial charge < -0.3 is 10.7 Å². The summed E-state index contributed by atoms with van der Waals surface area (Å²) in [5.74, 6) is 0. The third-order valence-electron chi connectivity index (χ3n) is 1.42. The number of aromatic nitrogens is 2. The monoisotopic (exact) mass is 179 g/mol. The summed E-state index contributed by atoms with van der Waals surface area (Å²) in [5.41, 5.74) is 5.26. The fourth-order valence-corrected chi connectivity index (χ4v) is 0.749. The molecule has 0 bridgehead atoms. The molecule has 1 unspecified atom stereocenters. The summed E-state index contributed by atoms with van der Waals surface area (Å²) in [6, 6.07) is -1.82. The molecule has 0 radical (unpaired) electrons. The molecular weight excluding hydrogens is 171 g/mol. The van der Waals surface area contributed by atoms with Gasteiger partial charge in [-0.15, -0.1) is 0 Å². The maximum absolute atomic E-state index is 11.9. The lowest BCUT2D eigenvalue weighted by molar-refractivity contribution is -0.147. The summed E-state index contributed by atoms with van der Waals surface area (Å²) in [7, 11) is 0. The lowest BCUT2D eigenvalue weighted by atomic mass is 10.2. The second-order valence-corrected chi connectivity index (χ2v) is 2.43. The number of aromatic amines is 1. The van der Waals surface area contributed by atoms with E-state index in [9.17, 15) is 13.2 Å². The summed E-state index contributed by atoms with van der Waals surface area (Å²) in [5, 5.41) is 0. The molecule has 1 aromatic heterocycles. The third kappa shape index (κ3) is 2.23. The molecule has 0 amide bonds. The Balaban J connectivity index is 2.53. The van der Waals surface area contributed by atoms with Gasteiger partial charge in [0.25, 0.3) is 0 Å². The van der Waals surface area contributed by atoms with Crippen molar-refractivity contribution in [2.24, 2.45) is 5.73 Å². The minimum absolute atomic E-state index is 0.260. The molecule has 0 saturated carbocycles. The van der Waals surface area contributed by atoms with Crippen molar-refractivity contribution in [1.29, 1.82) is 0 Å². The van der Waals surface area contributed by atoms with Crippen LogP contribution in [-0.2, 0) is 6.42 Å². The zero-order chi connectivity index (χ0) is 9.19. The standard InChI is InChI=1S/C6H8F3N3/c7-6(8,9)5(10)1-4-2-11-3-12-4/h2-3,5H,1,10H2,(H,11,12). The number of nitrogens with two attached hydrogens (primary N) is 1. The van der Waals surface area contributed by atoms with E-state index in [0.717, 1.165) is 0 Å². The van der Waals surface area contributed by atoms with Crippen LogP contribution in [0.3, 0.4) is 0 Å². The van der Waals surface area contributed by atoms with E-state index in [2.05, 4.69) is 9.97 Å². The van der Waals surface area contributed by atoms with E-state index in [4.69, 9.17) is 5.73 Å². The van der Waals surface area contributed by atoms with Gasteiger partial charge in [-0.05, 0) is 0 Å². The molecule has 0 aliphatic rings. The van der Waals surface area contributed by atoms with Crippen molar-refractivity contribution in [2.75, 3.05) is 0 Å². The van der Waals surface area contributed by atoms with Crippen molar-refractivity contribution < 1.29 is 13.2 Å². The highest BCUT2D eigenvalue weighted by atomic mass is 19.4. The highest BCUT2D eigenvalue weighted by molar-refractivity contribution is 4.98. The van der Waals surface area contributed by atoms with Crippen LogP contribution in [0.4, 0.5) is 13.2 Å². The number of rotatable bonds is 2. The van der Waals surface area contributed by atoms with Crippen LogP contribution in [0, 0.1) is 0 Å². The number of hydrogen-bond donors (Lipinski definition) is 2. The van der Waals surface area contributed by atoms with E-state index in [-0.39, 0.29) is 6.42 Å². The van der Waals surface area contributed by atoms with Gasteiger partial charge >= 0.3 is 6.18 Å². The number of H-pyrrole nitrogens is 1. The molecule has 0 aromatic carbocycles. The Labute approximate surface area is 66.8 Å². The van der Waals surface area contributed by atoms with Crippen molar-refractivity contribution in [2.45, 2.75) is 18.6 Å². The maximum atomic E-state index is 11.9. The zero-order valence-corrected chi connectivity index (χ0v) is 6.10. The second-order valence-electron chi connectivity index (χ2n) is 2.43. The molecule has 0 aliphatic heterocycles. The van der Waals surface area contributed by atoms with Crippen LogP contribution in [0.2, 0.25) is 0 Å². The molecule has 1 atom stereocenters. The maximum Gasteiger partial charge on any atom is 0.404 e. The lowest BCUT2D eigenvalue weighted by Crippen LogP contribution is -2.39. The van der Waals surface area contributed by atoms with Gasteiger partial charge in [0.2, 0.25) is 0 Å². The first-order valence-electron chi connectivity index (χ1n) is 3.29. The van der Waals surface area contributed by atoms with Gasteiger partial charge in [0, 0.05) is 18.3 Å². The fraction of sp³-hybridized carbons (Fsp3) is 0.500. The molecule has 3 nitrogen and oxygen atoms in total. The molecule has 68 valence electrons. The van der Waals surface area contributed by atoms with Crippen LogP contribution < -0.4 is 5.73 Å². The second kappa shape index (κ2) is 3.14. The van der Waals surface area contributed by atoms with E-state index in [0.29, 0.717) is 5.69 Å². The smallest absolute Gasteiger partial charge is 0.348 e. The lowest BCUT2D eigenvalue weighted by Gasteiger charge is -2.13. The first kappa shape index (κ1) is 9.05. The first-order chi connectivity index (χ1) is 5.50. The van der Waals surface area contributed by atoms with E-state index in [1.807, 2.05) is 0 Å². The average molecular weight is 179 g/mol. The SMILES string of the molecule is NC(Cc1cnc[nH]1)C(F)(F)F. The highest BCUT2D eigenvalue weighted by Gasteiger charge is 2.36. The largest absolute Gasteiger partial charge is 0.404 e.